The zero-order chi connectivity index (χ0) is 18.0. The van der Waals surface area contributed by atoms with Crippen LogP contribution in [0.4, 0.5) is 0 Å². The van der Waals surface area contributed by atoms with Crippen LogP contribution in [0.5, 0.6) is 5.75 Å². The molecule has 0 aliphatic carbocycles. The predicted octanol–water partition coefficient (Wildman–Crippen LogP) is 2.70. The van der Waals surface area contributed by atoms with Crippen LogP contribution in [0.1, 0.15) is 10.4 Å². The molecule has 0 N–H and O–H groups in total. The molecule has 3 rings (SSSR count). The van der Waals surface area contributed by atoms with Gasteiger partial charge in [0.05, 0.1) is 10.5 Å². The van der Waals surface area contributed by atoms with Crippen molar-refractivity contribution in [1.29, 1.82) is 0 Å². The lowest BCUT2D eigenvalue weighted by molar-refractivity contribution is 0.0736. The summed E-state index contributed by atoms with van der Waals surface area (Å²) < 4.78 is 30.6. The summed E-state index contributed by atoms with van der Waals surface area (Å²) in [6, 6.07) is 14.6. The van der Waals surface area contributed by atoms with Gasteiger partial charge in [0, 0.05) is 25.7 Å². The Balaban J connectivity index is 1.87. The topological polar surface area (TPSA) is 76.6 Å². The van der Waals surface area contributed by atoms with Crippen LogP contribution in [0.15, 0.2) is 65.7 Å². The average Bonchev–Trinajstić information content (AvgIpc) is 2.62. The minimum atomic E-state index is -3.54. The lowest BCUT2D eigenvalue weighted by Crippen LogP contribution is -2.22. The van der Waals surface area contributed by atoms with Crippen molar-refractivity contribution in [3.63, 3.8) is 0 Å². The van der Waals surface area contributed by atoms with Crippen LogP contribution in [0.25, 0.3) is 10.9 Å². The quantitative estimate of drug-likeness (QED) is 0.531. The van der Waals surface area contributed by atoms with Crippen LogP contribution >= 0.6 is 0 Å². The molecule has 0 amide bonds. The molecule has 1 heterocycles. The number of hydrogen-bond donors (Lipinski definition) is 0. The Morgan fingerprint density at radius 2 is 1.68 bits per heavy atom. The highest BCUT2D eigenvalue weighted by atomic mass is 32.2. The maximum absolute atomic E-state index is 12.3. The van der Waals surface area contributed by atoms with E-state index in [0.29, 0.717) is 11.3 Å². The summed E-state index contributed by atoms with van der Waals surface area (Å²) in [5, 5.41) is 0.861. The number of esters is 1. The number of benzene rings is 2. The number of fused-ring (bicyclic) bond motifs is 1. The van der Waals surface area contributed by atoms with E-state index in [0.717, 1.165) is 9.69 Å². The average molecular weight is 356 g/mol. The Bertz CT molecular complexity index is 1020. The molecule has 0 radical (unpaired) electrons. The molecule has 128 valence electrons. The van der Waals surface area contributed by atoms with Gasteiger partial charge in [-0.25, -0.2) is 17.5 Å². The Morgan fingerprint density at radius 3 is 2.36 bits per heavy atom. The van der Waals surface area contributed by atoms with Gasteiger partial charge in [-0.15, -0.1) is 0 Å². The predicted molar refractivity (Wildman–Crippen MR) is 94.0 cm³/mol. The smallest absolute Gasteiger partial charge is 0.343 e. The number of rotatable bonds is 4. The molecule has 25 heavy (non-hydrogen) atoms. The van der Waals surface area contributed by atoms with Crippen molar-refractivity contribution in [2.45, 2.75) is 4.90 Å². The van der Waals surface area contributed by atoms with E-state index in [4.69, 9.17) is 4.74 Å². The first-order valence-electron chi connectivity index (χ1n) is 7.48. The largest absolute Gasteiger partial charge is 0.421 e. The molecule has 0 bridgehead atoms. The van der Waals surface area contributed by atoms with Gasteiger partial charge < -0.3 is 4.74 Å². The number of carbonyl (C=O) groups excluding carboxylic acids is 1. The highest BCUT2D eigenvalue weighted by molar-refractivity contribution is 7.89. The number of sulfonamides is 1. The number of carbonyl (C=O) groups is 1. The van der Waals surface area contributed by atoms with Gasteiger partial charge in [0.15, 0.2) is 5.75 Å². The second-order valence-corrected chi connectivity index (χ2v) is 7.68. The number of pyridine rings is 1. The molecule has 1 aromatic heterocycles. The molecule has 0 fully saturated rings. The fourth-order valence-corrected chi connectivity index (χ4v) is 3.19. The van der Waals surface area contributed by atoms with Gasteiger partial charge in [0.2, 0.25) is 10.0 Å². The number of aromatic nitrogens is 1. The van der Waals surface area contributed by atoms with Gasteiger partial charge in [0.1, 0.15) is 5.52 Å². The molecule has 0 spiro atoms. The third-order valence-corrected chi connectivity index (χ3v) is 5.50. The second kappa shape index (κ2) is 6.62. The second-order valence-electron chi connectivity index (χ2n) is 5.53. The van der Waals surface area contributed by atoms with Gasteiger partial charge in [-0.3, -0.25) is 4.98 Å². The summed E-state index contributed by atoms with van der Waals surface area (Å²) in [6.45, 7) is 0. The van der Waals surface area contributed by atoms with E-state index in [1.54, 1.807) is 24.4 Å². The van der Waals surface area contributed by atoms with E-state index in [1.165, 1.54) is 38.4 Å². The monoisotopic (exact) mass is 356 g/mol. The maximum atomic E-state index is 12.3. The van der Waals surface area contributed by atoms with E-state index < -0.39 is 16.0 Å². The molecule has 6 nitrogen and oxygen atoms in total. The highest BCUT2D eigenvalue weighted by Gasteiger charge is 2.18. The van der Waals surface area contributed by atoms with Crippen LogP contribution in [-0.2, 0) is 10.0 Å². The molecule has 0 saturated carbocycles. The Morgan fingerprint density at radius 1 is 1.00 bits per heavy atom. The van der Waals surface area contributed by atoms with Crippen LogP contribution in [0, 0.1) is 0 Å². The van der Waals surface area contributed by atoms with E-state index >= 15 is 0 Å². The Hall–Kier alpha value is -2.77. The normalized spacial score (nSPS) is 11.6. The van der Waals surface area contributed by atoms with E-state index in [9.17, 15) is 13.2 Å². The molecule has 0 saturated heterocycles. The molecular weight excluding hydrogens is 340 g/mol. The van der Waals surface area contributed by atoms with Crippen LogP contribution in [0.2, 0.25) is 0 Å². The molecule has 0 atom stereocenters. The van der Waals surface area contributed by atoms with Gasteiger partial charge in [-0.2, -0.15) is 0 Å². The molecular formula is C18H16N2O4S. The molecule has 3 aromatic rings. The van der Waals surface area contributed by atoms with Gasteiger partial charge in [-0.1, -0.05) is 18.2 Å². The minimum Gasteiger partial charge on any atom is -0.421 e. The number of ether oxygens (including phenoxy) is 1. The van der Waals surface area contributed by atoms with Crippen molar-refractivity contribution in [3.8, 4) is 5.75 Å². The van der Waals surface area contributed by atoms with Crippen molar-refractivity contribution in [1.82, 2.24) is 9.29 Å². The SMILES string of the molecule is CN(C)S(=O)(=O)c1ccc(C(=O)Oc2cccc3cccnc23)cc1. The fourth-order valence-electron chi connectivity index (χ4n) is 2.29. The summed E-state index contributed by atoms with van der Waals surface area (Å²) in [5.41, 5.74) is 0.843. The first-order valence-corrected chi connectivity index (χ1v) is 8.92. The van der Waals surface area contributed by atoms with Crippen molar-refractivity contribution < 1.29 is 17.9 Å². The Kier molecular flexibility index (Phi) is 4.52. The third kappa shape index (κ3) is 3.38. The van der Waals surface area contributed by atoms with Crippen LogP contribution < -0.4 is 4.74 Å². The standard InChI is InChI=1S/C18H16N2O4S/c1-20(2)25(22,23)15-10-8-14(9-11-15)18(21)24-16-7-3-5-13-6-4-12-19-17(13)16/h3-12H,1-2H3. The third-order valence-electron chi connectivity index (χ3n) is 3.67. The summed E-state index contributed by atoms with van der Waals surface area (Å²) >= 11 is 0. The minimum absolute atomic E-state index is 0.112. The summed E-state index contributed by atoms with van der Waals surface area (Å²) in [4.78, 5) is 16.7. The molecule has 7 heteroatoms. The molecule has 0 unspecified atom stereocenters. The number of para-hydroxylation sites is 1. The van der Waals surface area contributed by atoms with E-state index in [2.05, 4.69) is 4.98 Å². The molecule has 0 aliphatic rings. The molecule has 2 aromatic carbocycles. The first kappa shape index (κ1) is 17.1. The van der Waals surface area contributed by atoms with Crippen LogP contribution in [-0.4, -0.2) is 37.8 Å². The highest BCUT2D eigenvalue weighted by Crippen LogP contribution is 2.24. The first-order chi connectivity index (χ1) is 11.9. The fraction of sp³-hybridized carbons (Fsp3) is 0.111. The lowest BCUT2D eigenvalue weighted by atomic mass is 10.2. The Labute approximate surface area is 145 Å². The number of nitrogens with zero attached hydrogens (tertiary/aromatic N) is 2. The van der Waals surface area contributed by atoms with E-state index in [1.807, 2.05) is 12.1 Å². The van der Waals surface area contributed by atoms with Gasteiger partial charge in [0.25, 0.3) is 0 Å². The van der Waals surface area contributed by atoms with Crippen molar-refractivity contribution in [2.24, 2.45) is 0 Å². The van der Waals surface area contributed by atoms with Gasteiger partial charge >= 0.3 is 5.97 Å². The lowest BCUT2D eigenvalue weighted by Gasteiger charge is -2.11. The zero-order valence-corrected chi connectivity index (χ0v) is 14.5. The van der Waals surface area contributed by atoms with Crippen LogP contribution in [0.3, 0.4) is 0 Å². The van der Waals surface area contributed by atoms with Gasteiger partial charge in [-0.05, 0) is 36.4 Å². The zero-order valence-electron chi connectivity index (χ0n) is 13.7. The van der Waals surface area contributed by atoms with Crippen molar-refractivity contribution in [3.05, 3.63) is 66.4 Å². The van der Waals surface area contributed by atoms with Crippen molar-refractivity contribution >= 4 is 26.9 Å². The summed E-state index contributed by atoms with van der Waals surface area (Å²) in [6.07, 6.45) is 1.63. The molecule has 0 aliphatic heterocycles. The summed E-state index contributed by atoms with van der Waals surface area (Å²) in [7, 11) is -0.637. The maximum Gasteiger partial charge on any atom is 0.343 e. The van der Waals surface area contributed by atoms with Crippen molar-refractivity contribution in [2.75, 3.05) is 14.1 Å². The van der Waals surface area contributed by atoms with E-state index in [-0.39, 0.29) is 10.5 Å². The number of hydrogen-bond acceptors (Lipinski definition) is 5. The summed E-state index contributed by atoms with van der Waals surface area (Å²) in [5.74, 6) is -0.222.